The van der Waals surface area contributed by atoms with Gasteiger partial charge >= 0.3 is 0 Å². The van der Waals surface area contributed by atoms with Gasteiger partial charge in [0.15, 0.2) is 5.96 Å². The maximum absolute atomic E-state index is 6.09. The number of nitrogens with one attached hydrogen (secondary N) is 1. The van der Waals surface area contributed by atoms with Crippen molar-refractivity contribution in [2.24, 2.45) is 4.99 Å². The Morgan fingerprint density at radius 2 is 2.12 bits per heavy atom. The molecule has 1 aliphatic rings. The number of nitrogens with zero attached hydrogens (tertiary/aromatic N) is 4. The Balaban J connectivity index is 0.00000312. The molecular formula is C18H31ClIN5. The van der Waals surface area contributed by atoms with E-state index in [1.165, 1.54) is 5.56 Å². The summed E-state index contributed by atoms with van der Waals surface area (Å²) < 4.78 is 0. The van der Waals surface area contributed by atoms with E-state index < -0.39 is 0 Å². The normalized spacial score (nSPS) is 19.4. The Morgan fingerprint density at radius 1 is 1.36 bits per heavy atom. The van der Waals surface area contributed by atoms with Gasteiger partial charge in [-0.2, -0.15) is 0 Å². The Kier molecular flexibility index (Phi) is 10.1. The van der Waals surface area contributed by atoms with Crippen LogP contribution in [-0.4, -0.2) is 80.6 Å². The van der Waals surface area contributed by atoms with Crippen LogP contribution in [0.25, 0.3) is 0 Å². The number of hydrogen-bond donors (Lipinski definition) is 1. The summed E-state index contributed by atoms with van der Waals surface area (Å²) in [5.41, 5.74) is 1.19. The minimum Gasteiger partial charge on any atom is -0.357 e. The smallest absolute Gasteiger partial charge is 0.194 e. The fourth-order valence-corrected chi connectivity index (χ4v) is 3.16. The van der Waals surface area contributed by atoms with Crippen LogP contribution in [0.5, 0.6) is 0 Å². The molecule has 142 valence electrons. The molecule has 0 radical (unpaired) electrons. The lowest BCUT2D eigenvalue weighted by atomic mass is 10.2. The molecule has 25 heavy (non-hydrogen) atoms. The van der Waals surface area contributed by atoms with Gasteiger partial charge in [-0.25, -0.2) is 0 Å². The quantitative estimate of drug-likeness (QED) is 0.400. The first kappa shape index (κ1) is 22.5. The number of rotatable bonds is 5. The fourth-order valence-electron chi connectivity index (χ4n) is 2.94. The van der Waals surface area contributed by atoms with E-state index in [0.717, 1.165) is 50.3 Å². The summed E-state index contributed by atoms with van der Waals surface area (Å²) in [6, 6.07) is 8.46. The molecule has 1 aromatic carbocycles. The third kappa shape index (κ3) is 7.29. The van der Waals surface area contributed by atoms with E-state index in [9.17, 15) is 0 Å². The van der Waals surface area contributed by atoms with Crippen LogP contribution >= 0.6 is 35.6 Å². The number of guanidine groups is 1. The van der Waals surface area contributed by atoms with Crippen molar-refractivity contribution in [3.05, 3.63) is 34.9 Å². The topological polar surface area (TPSA) is 34.1 Å². The Morgan fingerprint density at radius 3 is 2.80 bits per heavy atom. The lowest BCUT2D eigenvalue weighted by Crippen LogP contribution is -2.51. The molecule has 7 heteroatoms. The maximum atomic E-state index is 6.09. The minimum atomic E-state index is 0. The first-order chi connectivity index (χ1) is 11.5. The predicted octanol–water partition coefficient (Wildman–Crippen LogP) is 2.60. The molecule has 0 amide bonds. The number of halogens is 2. The van der Waals surface area contributed by atoms with Crippen molar-refractivity contribution in [2.75, 3.05) is 53.9 Å². The highest BCUT2D eigenvalue weighted by Crippen LogP contribution is 2.12. The number of aliphatic imine (C=N–C) groups is 1. The molecule has 1 aliphatic heterocycles. The van der Waals surface area contributed by atoms with Crippen LogP contribution in [0.4, 0.5) is 0 Å². The van der Waals surface area contributed by atoms with Crippen LogP contribution in [0.3, 0.4) is 0 Å². The molecule has 5 nitrogen and oxygen atoms in total. The van der Waals surface area contributed by atoms with Gasteiger partial charge in [0.1, 0.15) is 0 Å². The largest absolute Gasteiger partial charge is 0.357 e. The zero-order valence-electron chi connectivity index (χ0n) is 15.7. The van der Waals surface area contributed by atoms with Crippen molar-refractivity contribution < 1.29 is 0 Å². The van der Waals surface area contributed by atoms with E-state index in [0.29, 0.717) is 6.04 Å². The second kappa shape index (κ2) is 11.2. The SMILES string of the molecule is CCNC(=NCC1CN(C)CCN1C)N(C)Cc1cccc(Cl)c1.I. The lowest BCUT2D eigenvalue weighted by molar-refractivity contribution is 0.119. The molecule has 1 atom stereocenters. The van der Waals surface area contributed by atoms with Crippen LogP contribution in [0.1, 0.15) is 12.5 Å². The van der Waals surface area contributed by atoms with Crippen LogP contribution < -0.4 is 5.32 Å². The van der Waals surface area contributed by atoms with Crippen molar-refractivity contribution in [1.29, 1.82) is 0 Å². The van der Waals surface area contributed by atoms with Gasteiger partial charge in [-0.05, 0) is 38.7 Å². The molecule has 1 aromatic rings. The average Bonchev–Trinajstić information content (AvgIpc) is 2.54. The summed E-state index contributed by atoms with van der Waals surface area (Å²) in [6.07, 6.45) is 0. The summed E-state index contributed by atoms with van der Waals surface area (Å²) in [5.74, 6) is 0.944. The van der Waals surface area contributed by atoms with E-state index in [2.05, 4.69) is 54.1 Å². The van der Waals surface area contributed by atoms with E-state index in [1.807, 2.05) is 18.2 Å². The lowest BCUT2D eigenvalue weighted by Gasteiger charge is -2.37. The van der Waals surface area contributed by atoms with Gasteiger partial charge in [-0.3, -0.25) is 9.89 Å². The molecule has 0 aliphatic carbocycles. The summed E-state index contributed by atoms with van der Waals surface area (Å²) in [4.78, 5) is 11.8. The van der Waals surface area contributed by atoms with Crippen LogP contribution in [-0.2, 0) is 6.54 Å². The second-order valence-electron chi connectivity index (χ2n) is 6.58. The molecular weight excluding hydrogens is 449 g/mol. The third-order valence-electron chi connectivity index (χ3n) is 4.44. The van der Waals surface area contributed by atoms with Crippen molar-refractivity contribution in [3.8, 4) is 0 Å². The van der Waals surface area contributed by atoms with E-state index in [-0.39, 0.29) is 24.0 Å². The summed E-state index contributed by atoms with van der Waals surface area (Å²) in [6.45, 7) is 7.85. The van der Waals surface area contributed by atoms with Gasteiger partial charge in [-0.1, -0.05) is 23.7 Å². The molecule has 1 unspecified atom stereocenters. The monoisotopic (exact) mass is 479 g/mol. The van der Waals surface area contributed by atoms with Crippen molar-refractivity contribution in [3.63, 3.8) is 0 Å². The predicted molar refractivity (Wildman–Crippen MR) is 118 cm³/mol. The number of likely N-dealkylation sites (N-methyl/N-ethyl adjacent to an activating group) is 2. The molecule has 1 saturated heterocycles. The van der Waals surface area contributed by atoms with Crippen LogP contribution in [0.15, 0.2) is 29.3 Å². The van der Waals surface area contributed by atoms with Crippen LogP contribution in [0, 0.1) is 0 Å². The van der Waals surface area contributed by atoms with E-state index in [4.69, 9.17) is 16.6 Å². The standard InChI is InChI=1S/C18H30ClN5.HI/c1-5-20-18(21-12-17-14-22(2)9-10-23(17)3)24(4)13-15-7-6-8-16(19)11-15;/h6-8,11,17H,5,9-10,12-14H2,1-4H3,(H,20,21);1H. The minimum absolute atomic E-state index is 0. The second-order valence-corrected chi connectivity index (χ2v) is 7.01. The van der Waals surface area contributed by atoms with E-state index >= 15 is 0 Å². The van der Waals surface area contributed by atoms with Gasteiger partial charge in [0.25, 0.3) is 0 Å². The molecule has 1 fully saturated rings. The van der Waals surface area contributed by atoms with Gasteiger partial charge in [-0.15, -0.1) is 24.0 Å². The molecule has 1 heterocycles. The zero-order chi connectivity index (χ0) is 17.5. The third-order valence-corrected chi connectivity index (χ3v) is 4.67. The van der Waals surface area contributed by atoms with Crippen LogP contribution in [0.2, 0.25) is 5.02 Å². The zero-order valence-corrected chi connectivity index (χ0v) is 18.8. The highest BCUT2D eigenvalue weighted by Gasteiger charge is 2.22. The highest BCUT2D eigenvalue weighted by molar-refractivity contribution is 14.0. The van der Waals surface area contributed by atoms with Crippen molar-refractivity contribution in [1.82, 2.24) is 20.0 Å². The van der Waals surface area contributed by atoms with Gasteiger partial charge < -0.3 is 15.1 Å². The summed E-state index contributed by atoms with van der Waals surface area (Å²) in [5, 5.41) is 4.17. The molecule has 2 rings (SSSR count). The number of hydrogen-bond acceptors (Lipinski definition) is 3. The number of benzene rings is 1. The average molecular weight is 480 g/mol. The molecule has 1 N–H and O–H groups in total. The highest BCUT2D eigenvalue weighted by atomic mass is 127. The Bertz CT molecular complexity index is 554. The molecule has 0 aromatic heterocycles. The Hall–Kier alpha value is -0.570. The number of piperazine rings is 1. The molecule has 0 bridgehead atoms. The first-order valence-electron chi connectivity index (χ1n) is 8.62. The summed E-state index contributed by atoms with van der Waals surface area (Å²) in [7, 11) is 6.44. The summed E-state index contributed by atoms with van der Waals surface area (Å²) >= 11 is 6.09. The van der Waals surface area contributed by atoms with Gasteiger partial charge in [0.05, 0.1) is 6.54 Å². The van der Waals surface area contributed by atoms with Gasteiger partial charge in [0.2, 0.25) is 0 Å². The fraction of sp³-hybridized carbons (Fsp3) is 0.611. The van der Waals surface area contributed by atoms with E-state index in [1.54, 1.807) is 0 Å². The molecule has 0 spiro atoms. The van der Waals surface area contributed by atoms with Crippen molar-refractivity contribution >= 4 is 41.5 Å². The molecule has 0 saturated carbocycles. The van der Waals surface area contributed by atoms with Crippen molar-refractivity contribution in [2.45, 2.75) is 19.5 Å². The van der Waals surface area contributed by atoms with Gasteiger partial charge in [0, 0.05) is 50.8 Å². The Labute approximate surface area is 174 Å². The first-order valence-corrected chi connectivity index (χ1v) is 9.00. The maximum Gasteiger partial charge on any atom is 0.194 e.